The van der Waals surface area contributed by atoms with Crippen LogP contribution in [0.5, 0.6) is 5.75 Å². The molecule has 0 aliphatic carbocycles. The van der Waals surface area contributed by atoms with Gasteiger partial charge in [0.05, 0.1) is 35.0 Å². The van der Waals surface area contributed by atoms with E-state index in [1.165, 1.54) is 0 Å². The van der Waals surface area contributed by atoms with E-state index in [4.69, 9.17) is 16.3 Å². The Morgan fingerprint density at radius 3 is 2.64 bits per heavy atom. The van der Waals surface area contributed by atoms with Crippen LogP contribution in [0.4, 0.5) is 0 Å². The molecule has 1 aliphatic rings. The van der Waals surface area contributed by atoms with E-state index in [0.29, 0.717) is 27.9 Å². The minimum Gasteiger partial charge on any atom is -0.492 e. The second-order valence-electron chi connectivity index (χ2n) is 6.53. The van der Waals surface area contributed by atoms with Crippen molar-refractivity contribution in [1.82, 2.24) is 10.6 Å². The predicted octanol–water partition coefficient (Wildman–Crippen LogP) is 2.60. The highest BCUT2D eigenvalue weighted by molar-refractivity contribution is 8.03. The van der Waals surface area contributed by atoms with Crippen LogP contribution < -0.4 is 15.4 Å². The zero-order valence-electron chi connectivity index (χ0n) is 15.4. The van der Waals surface area contributed by atoms with Crippen LogP contribution in [-0.4, -0.2) is 30.7 Å². The summed E-state index contributed by atoms with van der Waals surface area (Å²) in [7, 11) is 0. The maximum atomic E-state index is 12.1. The zero-order chi connectivity index (χ0) is 20.7. The molecule has 0 fully saturated rings. The number of halogens is 1. The Kier molecular flexibility index (Phi) is 7.33. The van der Waals surface area contributed by atoms with Gasteiger partial charge in [0.2, 0.25) is 11.8 Å². The highest BCUT2D eigenvalue weighted by Crippen LogP contribution is 2.41. The Hall–Kier alpha value is -2.68. The first kappa shape index (κ1) is 21.6. The molecule has 146 valence electrons. The summed E-state index contributed by atoms with van der Waals surface area (Å²) in [4.78, 5) is 24.1. The fourth-order valence-electron chi connectivity index (χ4n) is 2.61. The molecule has 0 bridgehead atoms. The van der Waals surface area contributed by atoms with Gasteiger partial charge in [0.1, 0.15) is 18.3 Å². The molecular formula is C19H19ClN4O3S. The van der Waals surface area contributed by atoms with Crippen LogP contribution in [0.15, 0.2) is 34.9 Å². The van der Waals surface area contributed by atoms with Crippen LogP contribution in [0.1, 0.15) is 13.8 Å². The SMILES string of the molecule is CC1(C)C(C#N)=C(SCC(=O)NCCOc2ccc(Cl)cc2)NC(=O)[C@H]1C#N. The molecule has 7 nitrogen and oxygen atoms in total. The van der Waals surface area contributed by atoms with Gasteiger partial charge in [-0.15, -0.1) is 0 Å². The van der Waals surface area contributed by atoms with Crippen LogP contribution >= 0.6 is 23.4 Å². The van der Waals surface area contributed by atoms with Gasteiger partial charge in [0.15, 0.2) is 0 Å². The number of allylic oxidation sites excluding steroid dienone is 1. The largest absolute Gasteiger partial charge is 0.492 e. The Labute approximate surface area is 172 Å². The van der Waals surface area contributed by atoms with Crippen molar-refractivity contribution < 1.29 is 14.3 Å². The van der Waals surface area contributed by atoms with E-state index in [1.807, 2.05) is 6.07 Å². The van der Waals surface area contributed by atoms with Crippen LogP contribution in [0.2, 0.25) is 5.02 Å². The molecule has 9 heteroatoms. The van der Waals surface area contributed by atoms with Gasteiger partial charge in [-0.1, -0.05) is 37.2 Å². The van der Waals surface area contributed by atoms with Crippen LogP contribution in [0, 0.1) is 34.0 Å². The maximum Gasteiger partial charge on any atom is 0.243 e. The average Bonchev–Trinajstić information content (AvgIpc) is 2.64. The number of nitrogens with zero attached hydrogens (tertiary/aromatic N) is 2. The first-order valence-electron chi connectivity index (χ1n) is 8.42. The third-order valence-electron chi connectivity index (χ3n) is 4.19. The molecule has 1 heterocycles. The molecule has 1 aromatic rings. The standard InChI is InChI=1S/C19H19ClN4O3S/c1-19(2)14(9-21)17(26)24-18(15(19)10-22)28-11-16(25)23-7-8-27-13-5-3-12(20)4-6-13/h3-6,14H,7-8,11H2,1-2H3,(H,23,25)(H,24,26)/t14-/m1/s1. The number of nitriles is 2. The van der Waals surface area contributed by atoms with Gasteiger partial charge in [-0.3, -0.25) is 9.59 Å². The lowest BCUT2D eigenvalue weighted by atomic mass is 9.72. The van der Waals surface area contributed by atoms with E-state index >= 15 is 0 Å². The molecule has 0 saturated heterocycles. The van der Waals surface area contributed by atoms with Crippen molar-refractivity contribution in [2.45, 2.75) is 13.8 Å². The lowest BCUT2D eigenvalue weighted by Crippen LogP contribution is -2.44. The van der Waals surface area contributed by atoms with Gasteiger partial charge in [0, 0.05) is 10.4 Å². The normalized spacial score (nSPS) is 17.9. The number of carbonyl (C=O) groups is 2. The number of carbonyl (C=O) groups excluding carboxylic acids is 2. The Morgan fingerprint density at radius 2 is 2.04 bits per heavy atom. The fourth-order valence-corrected chi connectivity index (χ4v) is 3.74. The van der Waals surface area contributed by atoms with Crippen molar-refractivity contribution in [3.8, 4) is 17.9 Å². The molecule has 0 saturated carbocycles. The van der Waals surface area contributed by atoms with E-state index in [0.717, 1.165) is 11.8 Å². The van der Waals surface area contributed by atoms with E-state index in [2.05, 4.69) is 16.7 Å². The van der Waals surface area contributed by atoms with Crippen molar-refractivity contribution in [2.75, 3.05) is 18.9 Å². The van der Waals surface area contributed by atoms with Crippen LogP contribution in [0.25, 0.3) is 0 Å². The molecule has 2 N–H and O–H groups in total. The Bertz CT molecular complexity index is 869. The Morgan fingerprint density at radius 1 is 1.36 bits per heavy atom. The highest BCUT2D eigenvalue weighted by Gasteiger charge is 2.44. The minimum absolute atomic E-state index is 0.0229. The Balaban J connectivity index is 1.85. The highest BCUT2D eigenvalue weighted by atomic mass is 35.5. The van der Waals surface area contributed by atoms with Crippen molar-refractivity contribution in [3.05, 3.63) is 39.9 Å². The summed E-state index contributed by atoms with van der Waals surface area (Å²) in [6.07, 6.45) is 0. The van der Waals surface area contributed by atoms with Crippen molar-refractivity contribution in [2.24, 2.45) is 11.3 Å². The molecule has 1 aliphatic heterocycles. The topological polar surface area (TPSA) is 115 Å². The van der Waals surface area contributed by atoms with E-state index < -0.39 is 17.2 Å². The smallest absolute Gasteiger partial charge is 0.243 e. The number of hydrogen-bond donors (Lipinski definition) is 2. The molecule has 0 radical (unpaired) electrons. The van der Waals surface area contributed by atoms with Gasteiger partial charge in [0.25, 0.3) is 0 Å². The number of rotatable bonds is 7. The van der Waals surface area contributed by atoms with Gasteiger partial charge in [-0.2, -0.15) is 10.5 Å². The number of hydrogen-bond acceptors (Lipinski definition) is 6. The summed E-state index contributed by atoms with van der Waals surface area (Å²) in [6, 6.07) is 10.9. The average molecular weight is 419 g/mol. The van der Waals surface area contributed by atoms with Gasteiger partial charge in [-0.25, -0.2) is 0 Å². The predicted molar refractivity (Wildman–Crippen MR) is 106 cm³/mol. The quantitative estimate of drug-likeness (QED) is 0.657. The third-order valence-corrected chi connectivity index (χ3v) is 5.44. The van der Waals surface area contributed by atoms with Crippen molar-refractivity contribution >= 4 is 35.2 Å². The van der Waals surface area contributed by atoms with Gasteiger partial charge < -0.3 is 15.4 Å². The summed E-state index contributed by atoms with van der Waals surface area (Å²) in [5.41, 5.74) is -0.626. The second-order valence-corrected chi connectivity index (χ2v) is 7.95. The lowest BCUT2D eigenvalue weighted by Gasteiger charge is -2.34. The summed E-state index contributed by atoms with van der Waals surface area (Å²) in [6.45, 7) is 3.94. The first-order valence-corrected chi connectivity index (χ1v) is 9.79. The van der Waals surface area contributed by atoms with Crippen LogP contribution in [0.3, 0.4) is 0 Å². The molecule has 0 aromatic heterocycles. The van der Waals surface area contributed by atoms with E-state index in [1.54, 1.807) is 38.1 Å². The monoisotopic (exact) mass is 418 g/mol. The summed E-state index contributed by atoms with van der Waals surface area (Å²) < 4.78 is 5.49. The number of thioether (sulfide) groups is 1. The number of amides is 2. The number of benzene rings is 1. The van der Waals surface area contributed by atoms with E-state index in [9.17, 15) is 20.1 Å². The van der Waals surface area contributed by atoms with E-state index in [-0.39, 0.29) is 18.3 Å². The summed E-state index contributed by atoms with van der Waals surface area (Å²) in [5, 5.41) is 24.9. The molecule has 2 rings (SSSR count). The van der Waals surface area contributed by atoms with Gasteiger partial charge >= 0.3 is 0 Å². The van der Waals surface area contributed by atoms with Crippen LogP contribution in [-0.2, 0) is 9.59 Å². The zero-order valence-corrected chi connectivity index (χ0v) is 17.0. The lowest BCUT2D eigenvalue weighted by molar-refractivity contribution is -0.125. The molecule has 1 atom stereocenters. The number of ether oxygens (including phenoxy) is 1. The maximum absolute atomic E-state index is 12.1. The molecule has 0 unspecified atom stereocenters. The first-order chi connectivity index (χ1) is 13.3. The number of nitrogens with one attached hydrogen (secondary N) is 2. The summed E-state index contributed by atoms with van der Waals surface area (Å²) >= 11 is 6.86. The fraction of sp³-hybridized carbons (Fsp3) is 0.368. The van der Waals surface area contributed by atoms with Crippen molar-refractivity contribution in [3.63, 3.8) is 0 Å². The van der Waals surface area contributed by atoms with Crippen molar-refractivity contribution in [1.29, 1.82) is 10.5 Å². The molecular weight excluding hydrogens is 400 g/mol. The molecule has 1 aromatic carbocycles. The molecule has 28 heavy (non-hydrogen) atoms. The molecule has 2 amide bonds. The minimum atomic E-state index is -0.953. The third kappa shape index (κ3) is 5.19. The molecule has 0 spiro atoms. The summed E-state index contributed by atoms with van der Waals surface area (Å²) in [5.74, 6) is -1.01. The second kappa shape index (κ2) is 9.50. The van der Waals surface area contributed by atoms with Gasteiger partial charge in [-0.05, 0) is 24.3 Å².